The fraction of sp³-hybridized carbons (Fsp3) is 0.333. The number of aromatic nitrogens is 2. The zero-order valence-corrected chi connectivity index (χ0v) is 19.7. The summed E-state index contributed by atoms with van der Waals surface area (Å²) in [6.07, 6.45) is 1.72. The molecule has 0 radical (unpaired) electrons. The molecule has 0 saturated carbocycles. The number of halogens is 3. The Bertz CT molecular complexity index is 1320. The molecule has 0 spiro atoms. The molecule has 1 aliphatic rings. The molecule has 0 aliphatic carbocycles. The van der Waals surface area contributed by atoms with E-state index in [2.05, 4.69) is 20.9 Å². The largest absolute Gasteiger partial charge is 0.447 e. The molecule has 36 heavy (non-hydrogen) atoms. The third-order valence-corrected chi connectivity index (χ3v) is 6.58. The first-order chi connectivity index (χ1) is 17.4. The van der Waals surface area contributed by atoms with Crippen LogP contribution in [0.25, 0.3) is 10.9 Å². The van der Waals surface area contributed by atoms with Crippen molar-refractivity contribution in [2.24, 2.45) is 0 Å². The average Bonchev–Trinajstić information content (AvgIpc) is 3.63. The van der Waals surface area contributed by atoms with Crippen molar-refractivity contribution in [2.45, 2.75) is 38.5 Å². The summed E-state index contributed by atoms with van der Waals surface area (Å²) in [5, 5.41) is 1.14. The van der Waals surface area contributed by atoms with Crippen LogP contribution in [0.2, 0.25) is 0 Å². The van der Waals surface area contributed by atoms with Gasteiger partial charge in [-0.1, -0.05) is 30.3 Å². The molecule has 1 amide bonds. The molecule has 0 unspecified atom stereocenters. The number of rotatable bonds is 8. The van der Waals surface area contributed by atoms with E-state index in [1.165, 1.54) is 18.4 Å². The summed E-state index contributed by atoms with van der Waals surface area (Å²) in [4.78, 5) is 24.2. The molecule has 0 atom stereocenters. The van der Waals surface area contributed by atoms with E-state index < -0.39 is 11.7 Å². The smallest absolute Gasteiger partial charge is 0.416 e. The number of carbonyl (C=O) groups excluding carboxylic acids is 1. The van der Waals surface area contributed by atoms with E-state index in [4.69, 9.17) is 4.42 Å². The van der Waals surface area contributed by atoms with Crippen molar-refractivity contribution in [3.63, 3.8) is 0 Å². The van der Waals surface area contributed by atoms with Gasteiger partial charge >= 0.3 is 6.18 Å². The van der Waals surface area contributed by atoms with Crippen molar-refractivity contribution < 1.29 is 22.4 Å². The van der Waals surface area contributed by atoms with E-state index in [0.717, 1.165) is 66.5 Å². The predicted octanol–water partition coefficient (Wildman–Crippen LogP) is 5.66. The highest BCUT2D eigenvalue weighted by atomic mass is 19.4. The number of alkyl halides is 3. The monoisotopic (exact) mass is 496 g/mol. The number of H-pyrrole nitrogens is 1. The Morgan fingerprint density at radius 2 is 1.81 bits per heavy atom. The highest BCUT2D eigenvalue weighted by Crippen LogP contribution is 2.29. The molecule has 1 fully saturated rings. The number of aromatic amines is 1. The van der Waals surface area contributed by atoms with Gasteiger partial charge in [0.05, 0.1) is 12.1 Å². The molecule has 1 N–H and O–H groups in total. The number of hydrogen-bond donors (Lipinski definition) is 1. The Kier molecular flexibility index (Phi) is 6.82. The van der Waals surface area contributed by atoms with Crippen molar-refractivity contribution in [3.05, 3.63) is 89.3 Å². The molecule has 0 bridgehead atoms. The lowest BCUT2D eigenvalue weighted by Crippen LogP contribution is -2.28. The Morgan fingerprint density at radius 1 is 1.06 bits per heavy atom. The molecular formula is C27H27F3N4O2. The van der Waals surface area contributed by atoms with Crippen LogP contribution in [0.3, 0.4) is 0 Å². The van der Waals surface area contributed by atoms with Crippen molar-refractivity contribution in [3.8, 4) is 0 Å². The zero-order chi connectivity index (χ0) is 25.1. The lowest BCUT2D eigenvalue weighted by atomic mass is 10.1. The third-order valence-electron chi connectivity index (χ3n) is 6.58. The highest BCUT2D eigenvalue weighted by molar-refractivity contribution is 5.92. The highest BCUT2D eigenvalue weighted by Gasteiger charge is 2.30. The summed E-state index contributed by atoms with van der Waals surface area (Å²) in [6, 6.07) is 13.2. The summed E-state index contributed by atoms with van der Waals surface area (Å²) >= 11 is 0. The molecule has 9 heteroatoms. The molecule has 5 rings (SSSR count). The van der Waals surface area contributed by atoms with Gasteiger partial charge in [0.25, 0.3) is 5.91 Å². The Morgan fingerprint density at radius 3 is 2.56 bits per heavy atom. The number of nitrogens with zero attached hydrogens (tertiary/aromatic N) is 3. The lowest BCUT2D eigenvalue weighted by molar-refractivity contribution is -0.137. The minimum atomic E-state index is -4.37. The van der Waals surface area contributed by atoms with E-state index >= 15 is 0 Å². The minimum Gasteiger partial charge on any atom is -0.447 e. The van der Waals surface area contributed by atoms with Gasteiger partial charge in [0, 0.05) is 43.3 Å². The van der Waals surface area contributed by atoms with Crippen molar-refractivity contribution in [2.75, 3.05) is 19.6 Å². The number of hydrogen-bond acceptors (Lipinski definition) is 4. The van der Waals surface area contributed by atoms with Crippen molar-refractivity contribution in [1.82, 2.24) is 19.8 Å². The molecule has 3 heterocycles. The second-order valence-electron chi connectivity index (χ2n) is 9.14. The van der Waals surface area contributed by atoms with Crippen LogP contribution < -0.4 is 0 Å². The van der Waals surface area contributed by atoms with Gasteiger partial charge in [-0.05, 0) is 48.6 Å². The zero-order valence-electron chi connectivity index (χ0n) is 19.7. The third kappa shape index (κ3) is 5.46. The maximum absolute atomic E-state index is 13.0. The second kappa shape index (κ2) is 10.2. The van der Waals surface area contributed by atoms with Crippen molar-refractivity contribution in [1.29, 1.82) is 0 Å². The number of likely N-dealkylation sites (tertiary alicyclic amines) is 1. The van der Waals surface area contributed by atoms with Crippen LogP contribution in [0.1, 0.15) is 45.9 Å². The van der Waals surface area contributed by atoms with E-state index in [1.807, 2.05) is 24.4 Å². The van der Waals surface area contributed by atoms with Gasteiger partial charge in [-0.2, -0.15) is 13.2 Å². The minimum absolute atomic E-state index is 0.129. The normalized spacial score (nSPS) is 14.3. The van der Waals surface area contributed by atoms with Gasteiger partial charge in [-0.3, -0.25) is 9.69 Å². The molecule has 6 nitrogen and oxygen atoms in total. The molecule has 1 saturated heterocycles. The number of carbonyl (C=O) groups is 1. The summed E-state index contributed by atoms with van der Waals surface area (Å²) in [6.45, 7) is 2.83. The fourth-order valence-electron chi connectivity index (χ4n) is 4.64. The van der Waals surface area contributed by atoms with Crippen LogP contribution in [0, 0.1) is 0 Å². The SMILES string of the molecule is O=C(c1coc(CN(CCc2c[nH]c3ccccc23)Cc2ccc(C(F)(F)F)cc2)n1)N1CCCC1. The van der Waals surface area contributed by atoms with Gasteiger partial charge < -0.3 is 14.3 Å². The Hall–Kier alpha value is -3.59. The van der Waals surface area contributed by atoms with Gasteiger partial charge in [0.1, 0.15) is 6.26 Å². The first-order valence-corrected chi connectivity index (χ1v) is 12.0. The summed E-state index contributed by atoms with van der Waals surface area (Å²) in [7, 11) is 0. The van der Waals surface area contributed by atoms with Crippen LogP contribution >= 0.6 is 0 Å². The van der Waals surface area contributed by atoms with Crippen molar-refractivity contribution >= 4 is 16.8 Å². The number of amides is 1. The average molecular weight is 497 g/mol. The Balaban J connectivity index is 1.32. The maximum atomic E-state index is 13.0. The van der Waals surface area contributed by atoms with Crippen LogP contribution in [0.4, 0.5) is 13.2 Å². The van der Waals surface area contributed by atoms with Gasteiger partial charge in [-0.25, -0.2) is 4.98 Å². The quantitative estimate of drug-likeness (QED) is 0.342. The lowest BCUT2D eigenvalue weighted by Gasteiger charge is -2.21. The first-order valence-electron chi connectivity index (χ1n) is 12.0. The number of benzene rings is 2. The van der Waals surface area contributed by atoms with E-state index in [0.29, 0.717) is 25.5 Å². The number of oxazole rings is 1. The van der Waals surface area contributed by atoms with Crippen LogP contribution in [-0.2, 0) is 25.7 Å². The molecule has 2 aromatic carbocycles. The van der Waals surface area contributed by atoms with Crippen LogP contribution in [0.15, 0.2) is 65.4 Å². The Labute approximate surface area is 206 Å². The summed E-state index contributed by atoms with van der Waals surface area (Å²) < 4.78 is 44.6. The second-order valence-corrected chi connectivity index (χ2v) is 9.14. The predicted molar refractivity (Wildman–Crippen MR) is 129 cm³/mol. The number of para-hydroxylation sites is 1. The summed E-state index contributed by atoms with van der Waals surface area (Å²) in [5.74, 6) is 0.277. The number of nitrogens with one attached hydrogen (secondary N) is 1. The van der Waals surface area contributed by atoms with Crippen LogP contribution in [0.5, 0.6) is 0 Å². The van der Waals surface area contributed by atoms with E-state index in [1.54, 1.807) is 4.90 Å². The standard InChI is InChI=1S/C27H27F3N4O2/c28-27(29,30)21-9-7-19(8-10-21)16-33(14-11-20-15-31-23-6-2-1-5-22(20)23)17-25-32-24(18-36-25)26(35)34-12-3-4-13-34/h1-2,5-10,15,18,31H,3-4,11-14,16-17H2. The molecule has 188 valence electrons. The topological polar surface area (TPSA) is 65.4 Å². The fourth-order valence-corrected chi connectivity index (χ4v) is 4.64. The maximum Gasteiger partial charge on any atom is 0.416 e. The number of fused-ring (bicyclic) bond motifs is 1. The van der Waals surface area contributed by atoms with E-state index in [9.17, 15) is 18.0 Å². The molecule has 1 aliphatic heterocycles. The van der Waals surface area contributed by atoms with Gasteiger partial charge in [-0.15, -0.1) is 0 Å². The van der Waals surface area contributed by atoms with E-state index in [-0.39, 0.29) is 11.6 Å². The molecular weight excluding hydrogens is 469 g/mol. The molecule has 4 aromatic rings. The first kappa shape index (κ1) is 24.1. The molecule has 2 aromatic heterocycles. The van der Waals surface area contributed by atoms with Gasteiger partial charge in [0.15, 0.2) is 5.69 Å². The summed E-state index contributed by atoms with van der Waals surface area (Å²) in [5.41, 5.74) is 2.58. The van der Waals surface area contributed by atoms with Gasteiger partial charge in [0.2, 0.25) is 5.89 Å². The van der Waals surface area contributed by atoms with Crippen LogP contribution in [-0.4, -0.2) is 45.3 Å².